The number of amides is 2. The number of rotatable bonds is 7. The molecule has 2 amide bonds. The Kier molecular flexibility index (Phi) is 6.70. The molecule has 12 heteroatoms. The Morgan fingerprint density at radius 3 is 2.53 bits per heavy atom. The number of halogens is 2. The van der Waals surface area contributed by atoms with Crippen LogP contribution in [0, 0.1) is 0 Å². The van der Waals surface area contributed by atoms with E-state index in [-0.39, 0.29) is 37.9 Å². The standard InChI is InChI=1S/C20H16BrClN4O6/c1-32-13-8-9(6-7-12(13)27)16(17(23)28)26-18(14(21)15(25-26)20(30)31)24-19(29)10-4-2-3-5-11(10)22/h2-8,16,27H,1H3,(H2,23,28)(H,24,29)(H,30,31). The Morgan fingerprint density at radius 1 is 1.25 bits per heavy atom. The molecule has 0 aliphatic carbocycles. The maximum Gasteiger partial charge on any atom is 0.357 e. The maximum atomic E-state index is 12.8. The average Bonchev–Trinajstić information content (AvgIpc) is 3.05. The van der Waals surface area contributed by atoms with Crippen molar-refractivity contribution in [1.82, 2.24) is 9.78 Å². The summed E-state index contributed by atoms with van der Waals surface area (Å²) in [7, 11) is 1.32. The van der Waals surface area contributed by atoms with Crippen molar-refractivity contribution in [2.24, 2.45) is 5.73 Å². The van der Waals surface area contributed by atoms with Crippen LogP contribution in [0.5, 0.6) is 11.5 Å². The average molecular weight is 524 g/mol. The third-order valence-corrected chi connectivity index (χ3v) is 5.52. The fourth-order valence-corrected chi connectivity index (χ4v) is 3.71. The van der Waals surface area contributed by atoms with Gasteiger partial charge in [0.05, 0.1) is 22.2 Å². The summed E-state index contributed by atoms with van der Waals surface area (Å²) in [6.07, 6.45) is 0. The van der Waals surface area contributed by atoms with Crippen LogP contribution in [0.25, 0.3) is 0 Å². The molecule has 10 nitrogen and oxygen atoms in total. The minimum atomic E-state index is -1.41. The third kappa shape index (κ3) is 4.39. The molecule has 5 N–H and O–H groups in total. The van der Waals surface area contributed by atoms with Crippen molar-refractivity contribution >= 4 is 51.1 Å². The highest BCUT2D eigenvalue weighted by molar-refractivity contribution is 9.10. The zero-order valence-corrected chi connectivity index (χ0v) is 18.7. The first-order valence-electron chi connectivity index (χ1n) is 8.89. The summed E-state index contributed by atoms with van der Waals surface area (Å²) in [4.78, 5) is 36.9. The first kappa shape index (κ1) is 23.1. The van der Waals surface area contributed by atoms with Gasteiger partial charge in [-0.15, -0.1) is 0 Å². The van der Waals surface area contributed by atoms with E-state index in [0.717, 1.165) is 4.68 Å². The molecular formula is C20H16BrClN4O6. The Morgan fingerprint density at radius 2 is 1.94 bits per heavy atom. The number of methoxy groups -OCH3 is 1. The van der Waals surface area contributed by atoms with Crippen molar-refractivity contribution in [3.63, 3.8) is 0 Å². The molecule has 1 heterocycles. The van der Waals surface area contributed by atoms with Crippen LogP contribution in [-0.2, 0) is 4.79 Å². The van der Waals surface area contributed by atoms with Gasteiger partial charge in [-0.25, -0.2) is 9.48 Å². The van der Waals surface area contributed by atoms with Gasteiger partial charge >= 0.3 is 5.97 Å². The van der Waals surface area contributed by atoms with E-state index in [9.17, 15) is 24.6 Å². The van der Waals surface area contributed by atoms with Crippen LogP contribution in [0.3, 0.4) is 0 Å². The summed E-state index contributed by atoms with van der Waals surface area (Å²) in [5, 5.41) is 26.0. The number of nitrogens with zero attached hydrogens (tertiary/aromatic N) is 2. The van der Waals surface area contributed by atoms with Crippen LogP contribution in [-0.4, -0.2) is 44.9 Å². The molecule has 0 saturated carbocycles. The molecule has 0 radical (unpaired) electrons. The van der Waals surface area contributed by atoms with Gasteiger partial charge in [0.25, 0.3) is 5.91 Å². The first-order valence-corrected chi connectivity index (χ1v) is 10.1. The van der Waals surface area contributed by atoms with Crippen molar-refractivity contribution in [3.05, 3.63) is 68.8 Å². The number of aromatic carboxylic acids is 1. The number of aromatic hydroxyl groups is 1. The van der Waals surface area contributed by atoms with E-state index in [0.29, 0.717) is 0 Å². The highest BCUT2D eigenvalue weighted by Gasteiger charge is 2.31. The van der Waals surface area contributed by atoms with Gasteiger partial charge in [-0.3, -0.25) is 9.59 Å². The molecule has 3 aromatic rings. The zero-order chi connectivity index (χ0) is 23.6. The summed E-state index contributed by atoms with van der Waals surface area (Å²) < 4.78 is 5.95. The topological polar surface area (TPSA) is 157 Å². The second-order valence-electron chi connectivity index (χ2n) is 6.43. The van der Waals surface area contributed by atoms with Gasteiger partial charge in [-0.05, 0) is 45.8 Å². The second kappa shape index (κ2) is 9.28. The Hall–Kier alpha value is -3.57. The van der Waals surface area contributed by atoms with E-state index < -0.39 is 29.5 Å². The molecule has 32 heavy (non-hydrogen) atoms. The van der Waals surface area contributed by atoms with Gasteiger partial charge in [-0.2, -0.15) is 5.10 Å². The van der Waals surface area contributed by atoms with E-state index in [1.807, 2.05) is 0 Å². The normalized spacial score (nSPS) is 11.6. The number of aromatic nitrogens is 2. The molecule has 166 valence electrons. The predicted molar refractivity (Wildman–Crippen MR) is 118 cm³/mol. The molecule has 1 aromatic heterocycles. The Bertz CT molecular complexity index is 1230. The molecule has 0 bridgehead atoms. The fourth-order valence-electron chi connectivity index (χ4n) is 2.96. The van der Waals surface area contributed by atoms with Gasteiger partial charge in [0.15, 0.2) is 23.2 Å². The van der Waals surface area contributed by atoms with Crippen molar-refractivity contribution < 1.29 is 29.3 Å². The molecule has 1 unspecified atom stereocenters. The molecular weight excluding hydrogens is 508 g/mol. The summed E-state index contributed by atoms with van der Waals surface area (Å²) in [5.74, 6) is -3.24. The number of phenols is 1. The van der Waals surface area contributed by atoms with E-state index in [1.165, 1.54) is 37.4 Å². The summed E-state index contributed by atoms with van der Waals surface area (Å²) in [6, 6.07) is 8.90. The van der Waals surface area contributed by atoms with Crippen LogP contribution in [0.15, 0.2) is 46.9 Å². The number of carboxylic acid groups (broad SMARTS) is 1. The first-order chi connectivity index (χ1) is 15.1. The number of carboxylic acids is 1. The molecule has 0 spiro atoms. The van der Waals surface area contributed by atoms with Crippen LogP contribution in [0.1, 0.15) is 32.5 Å². The van der Waals surface area contributed by atoms with Crippen molar-refractivity contribution in [2.45, 2.75) is 6.04 Å². The summed E-state index contributed by atoms with van der Waals surface area (Å²) >= 11 is 9.20. The van der Waals surface area contributed by atoms with Crippen LogP contribution < -0.4 is 15.8 Å². The van der Waals surface area contributed by atoms with Crippen LogP contribution in [0.2, 0.25) is 5.02 Å². The van der Waals surface area contributed by atoms with Gasteiger partial charge in [-0.1, -0.05) is 29.8 Å². The summed E-state index contributed by atoms with van der Waals surface area (Å²) in [5.41, 5.74) is 5.49. The quantitative estimate of drug-likeness (QED) is 0.371. The number of hydrogen-bond acceptors (Lipinski definition) is 6. The highest BCUT2D eigenvalue weighted by atomic mass is 79.9. The number of carbonyl (C=O) groups excluding carboxylic acids is 2. The number of nitrogens with two attached hydrogens (primary N) is 1. The number of anilines is 1. The predicted octanol–water partition coefficient (Wildman–Crippen LogP) is 3.04. The van der Waals surface area contributed by atoms with Crippen molar-refractivity contribution in [2.75, 3.05) is 12.4 Å². The molecule has 0 saturated heterocycles. The monoisotopic (exact) mass is 522 g/mol. The largest absolute Gasteiger partial charge is 0.504 e. The number of carbonyl (C=O) groups is 3. The van der Waals surface area contributed by atoms with Gasteiger partial charge in [0, 0.05) is 0 Å². The van der Waals surface area contributed by atoms with Crippen LogP contribution in [0.4, 0.5) is 5.82 Å². The number of nitrogens with one attached hydrogen (secondary N) is 1. The van der Waals surface area contributed by atoms with Crippen molar-refractivity contribution in [1.29, 1.82) is 0 Å². The van der Waals surface area contributed by atoms with E-state index in [1.54, 1.807) is 12.1 Å². The summed E-state index contributed by atoms with van der Waals surface area (Å²) in [6.45, 7) is 0. The number of phenolic OH excluding ortho intramolecular Hbond substituents is 1. The molecule has 0 aliphatic rings. The van der Waals surface area contributed by atoms with E-state index in [2.05, 4.69) is 26.3 Å². The molecule has 2 aromatic carbocycles. The van der Waals surface area contributed by atoms with Crippen LogP contribution >= 0.6 is 27.5 Å². The number of primary amides is 1. The lowest BCUT2D eigenvalue weighted by atomic mass is 10.1. The van der Waals surface area contributed by atoms with Gasteiger partial charge in [0.2, 0.25) is 5.91 Å². The van der Waals surface area contributed by atoms with E-state index >= 15 is 0 Å². The second-order valence-corrected chi connectivity index (χ2v) is 7.63. The Balaban J connectivity index is 2.17. The molecule has 0 fully saturated rings. The molecule has 0 aliphatic heterocycles. The zero-order valence-electron chi connectivity index (χ0n) is 16.4. The highest BCUT2D eigenvalue weighted by Crippen LogP contribution is 2.35. The number of benzene rings is 2. The number of ether oxygens (including phenoxy) is 1. The lowest BCUT2D eigenvalue weighted by molar-refractivity contribution is -0.120. The molecule has 1 atom stereocenters. The third-order valence-electron chi connectivity index (χ3n) is 4.44. The smallest absolute Gasteiger partial charge is 0.357 e. The van der Waals surface area contributed by atoms with Gasteiger partial charge < -0.3 is 26.0 Å². The lowest BCUT2D eigenvalue weighted by Gasteiger charge is -2.19. The maximum absolute atomic E-state index is 12.8. The number of hydrogen-bond donors (Lipinski definition) is 4. The SMILES string of the molecule is COc1cc(C(C(N)=O)n2nc(C(=O)O)c(Br)c2NC(=O)c2ccccc2Cl)ccc1O. The minimum absolute atomic E-state index is 0.0556. The lowest BCUT2D eigenvalue weighted by Crippen LogP contribution is -2.30. The van der Waals surface area contributed by atoms with Crippen molar-refractivity contribution in [3.8, 4) is 11.5 Å². The fraction of sp³-hybridized carbons (Fsp3) is 0.100. The van der Waals surface area contributed by atoms with Gasteiger partial charge in [0.1, 0.15) is 5.82 Å². The van der Waals surface area contributed by atoms with E-state index in [4.69, 9.17) is 22.1 Å². The molecule has 3 rings (SSSR count). The minimum Gasteiger partial charge on any atom is -0.504 e. The Labute approximate surface area is 194 Å².